The molecule has 0 saturated heterocycles. The quantitative estimate of drug-likeness (QED) is 0.661. The number of carbonyl (C=O) groups is 1. The number of rotatable bonds is 3. The summed E-state index contributed by atoms with van der Waals surface area (Å²) in [5, 5.41) is 8.83. The van der Waals surface area contributed by atoms with Gasteiger partial charge in [-0.2, -0.15) is 0 Å². The van der Waals surface area contributed by atoms with Crippen LogP contribution < -0.4 is 5.73 Å². The molecule has 0 aliphatic carbocycles. The fraction of sp³-hybridized carbons (Fsp3) is 0.0909. The zero-order valence-corrected chi connectivity index (χ0v) is 10.2. The van der Waals surface area contributed by atoms with Crippen molar-refractivity contribution in [2.24, 2.45) is 10.7 Å². The maximum atomic E-state index is 10.8. The Hall–Kier alpha value is -1.62. The Morgan fingerprint density at radius 1 is 1.44 bits per heavy atom. The molecule has 0 unspecified atom stereocenters. The van der Waals surface area contributed by atoms with Crippen LogP contribution in [0, 0.1) is 0 Å². The molecule has 0 saturated carbocycles. The molecule has 0 aromatic heterocycles. The lowest BCUT2D eigenvalue weighted by atomic mass is 10.2. The Kier molecular flexibility index (Phi) is 4.25. The highest BCUT2D eigenvalue weighted by Crippen LogP contribution is 2.17. The van der Waals surface area contributed by atoms with Crippen LogP contribution in [0.1, 0.15) is 6.92 Å². The average molecular weight is 283 g/mol. The molecule has 4 nitrogen and oxygen atoms in total. The highest BCUT2D eigenvalue weighted by atomic mass is 79.9. The van der Waals surface area contributed by atoms with Gasteiger partial charge in [0.05, 0.1) is 17.0 Å². The Labute approximate surface area is 102 Å². The van der Waals surface area contributed by atoms with Crippen LogP contribution in [0.3, 0.4) is 0 Å². The van der Waals surface area contributed by atoms with Crippen LogP contribution in [0.15, 0.2) is 45.5 Å². The van der Waals surface area contributed by atoms with Gasteiger partial charge in [-0.1, -0.05) is 15.9 Å². The minimum absolute atomic E-state index is 0.00270. The minimum atomic E-state index is -1.08. The summed E-state index contributed by atoms with van der Waals surface area (Å²) >= 11 is 3.30. The third kappa shape index (κ3) is 3.20. The van der Waals surface area contributed by atoms with Gasteiger partial charge in [-0.25, -0.2) is 4.79 Å². The van der Waals surface area contributed by atoms with E-state index in [1.54, 1.807) is 19.1 Å². The Balaban J connectivity index is 3.00. The maximum Gasteiger partial charge on any atom is 0.339 e. The number of nitrogens with two attached hydrogens (primary N) is 1. The molecule has 0 spiro atoms. The van der Waals surface area contributed by atoms with E-state index in [-0.39, 0.29) is 5.57 Å². The Bertz CT molecular complexity index is 450. The summed E-state index contributed by atoms with van der Waals surface area (Å²) in [6.45, 7) is 1.61. The van der Waals surface area contributed by atoms with Gasteiger partial charge in [-0.3, -0.25) is 4.99 Å². The molecule has 1 aromatic rings. The van der Waals surface area contributed by atoms with E-state index in [9.17, 15) is 4.79 Å². The van der Waals surface area contributed by atoms with Gasteiger partial charge in [-0.15, -0.1) is 0 Å². The smallest absolute Gasteiger partial charge is 0.339 e. The lowest BCUT2D eigenvalue weighted by Crippen LogP contribution is -2.11. The van der Waals surface area contributed by atoms with Gasteiger partial charge >= 0.3 is 5.97 Å². The molecule has 84 valence electrons. The fourth-order valence-electron chi connectivity index (χ4n) is 1.12. The van der Waals surface area contributed by atoms with Gasteiger partial charge in [0.2, 0.25) is 0 Å². The van der Waals surface area contributed by atoms with Gasteiger partial charge in [0.15, 0.2) is 0 Å². The number of nitrogens with zero attached hydrogens (tertiary/aromatic N) is 1. The van der Waals surface area contributed by atoms with Gasteiger partial charge in [0.25, 0.3) is 0 Å². The van der Waals surface area contributed by atoms with Crippen LogP contribution in [0.5, 0.6) is 0 Å². The van der Waals surface area contributed by atoms with Gasteiger partial charge in [-0.05, 0) is 31.2 Å². The molecule has 0 radical (unpaired) electrons. The second kappa shape index (κ2) is 5.46. The minimum Gasteiger partial charge on any atom is -0.478 e. The molecule has 5 heteroatoms. The number of aliphatic carboxylic acids is 1. The van der Waals surface area contributed by atoms with E-state index in [2.05, 4.69) is 20.9 Å². The highest BCUT2D eigenvalue weighted by Gasteiger charge is 2.09. The SMILES string of the molecule is CC(=Nc1ccc(Br)cc1)/C(=C\N)C(=O)O. The second-order valence-electron chi connectivity index (χ2n) is 3.06. The molecule has 0 aliphatic heterocycles. The van der Waals surface area contributed by atoms with Crippen LogP contribution in [0.25, 0.3) is 0 Å². The zero-order chi connectivity index (χ0) is 12.1. The van der Waals surface area contributed by atoms with Crippen LogP contribution in [0.2, 0.25) is 0 Å². The summed E-state index contributed by atoms with van der Waals surface area (Å²) in [5.41, 5.74) is 6.28. The Morgan fingerprint density at radius 2 is 2.00 bits per heavy atom. The molecule has 0 bridgehead atoms. The van der Waals surface area contributed by atoms with E-state index >= 15 is 0 Å². The molecule has 1 rings (SSSR count). The van der Waals surface area contributed by atoms with E-state index in [0.717, 1.165) is 10.7 Å². The maximum absolute atomic E-state index is 10.8. The third-order valence-corrected chi connectivity index (χ3v) is 2.44. The van der Waals surface area contributed by atoms with Gasteiger partial charge < -0.3 is 10.8 Å². The predicted octanol–water partition coefficient (Wildman–Crippen LogP) is 2.47. The molecule has 0 aliphatic rings. The lowest BCUT2D eigenvalue weighted by molar-refractivity contribution is -0.132. The Morgan fingerprint density at radius 3 is 2.44 bits per heavy atom. The van der Waals surface area contributed by atoms with E-state index in [4.69, 9.17) is 10.8 Å². The topological polar surface area (TPSA) is 75.7 Å². The molecule has 0 fully saturated rings. The molecule has 3 N–H and O–H groups in total. The van der Waals surface area contributed by atoms with Crippen molar-refractivity contribution in [2.45, 2.75) is 6.92 Å². The standard InChI is InChI=1S/C11H11BrN2O2/c1-7(10(6-13)11(15)16)14-9-4-2-8(12)3-5-9/h2-6H,13H2,1H3,(H,15,16)/b10-6+,14-7?. The number of hydrogen-bond donors (Lipinski definition) is 2. The van der Waals surface area contributed by atoms with E-state index in [1.165, 1.54) is 0 Å². The first kappa shape index (κ1) is 12.4. The summed E-state index contributed by atoms with van der Waals surface area (Å²) < 4.78 is 0.942. The van der Waals surface area contributed by atoms with Crippen molar-refractivity contribution >= 4 is 33.3 Å². The van der Waals surface area contributed by atoms with Crippen molar-refractivity contribution in [2.75, 3.05) is 0 Å². The molecule has 0 atom stereocenters. The summed E-state index contributed by atoms with van der Waals surface area (Å²) in [6, 6.07) is 7.23. The largest absolute Gasteiger partial charge is 0.478 e. The van der Waals surface area contributed by atoms with Gasteiger partial charge in [0.1, 0.15) is 0 Å². The van der Waals surface area contributed by atoms with Crippen molar-refractivity contribution < 1.29 is 9.90 Å². The van der Waals surface area contributed by atoms with Crippen molar-refractivity contribution in [3.8, 4) is 0 Å². The van der Waals surface area contributed by atoms with Crippen LogP contribution in [-0.2, 0) is 4.79 Å². The highest BCUT2D eigenvalue weighted by molar-refractivity contribution is 9.10. The van der Waals surface area contributed by atoms with Crippen molar-refractivity contribution in [1.82, 2.24) is 0 Å². The predicted molar refractivity (Wildman–Crippen MR) is 66.8 cm³/mol. The molecular formula is C11H11BrN2O2. The van der Waals surface area contributed by atoms with Crippen LogP contribution >= 0.6 is 15.9 Å². The monoisotopic (exact) mass is 282 g/mol. The van der Waals surface area contributed by atoms with Crippen LogP contribution in [0.4, 0.5) is 5.69 Å². The first-order chi connectivity index (χ1) is 7.54. The molecular weight excluding hydrogens is 272 g/mol. The van der Waals surface area contributed by atoms with E-state index in [0.29, 0.717) is 11.4 Å². The number of carboxylic acid groups (broad SMARTS) is 1. The molecule has 16 heavy (non-hydrogen) atoms. The second-order valence-corrected chi connectivity index (χ2v) is 3.97. The molecule has 0 heterocycles. The summed E-state index contributed by atoms with van der Waals surface area (Å²) in [7, 11) is 0. The van der Waals surface area contributed by atoms with E-state index in [1.807, 2.05) is 12.1 Å². The number of hydrogen-bond acceptors (Lipinski definition) is 3. The van der Waals surface area contributed by atoms with Crippen molar-refractivity contribution in [1.29, 1.82) is 0 Å². The normalized spacial score (nSPS) is 12.6. The average Bonchev–Trinajstić information content (AvgIpc) is 2.22. The molecule has 0 amide bonds. The van der Waals surface area contributed by atoms with Crippen LogP contribution in [-0.4, -0.2) is 16.8 Å². The van der Waals surface area contributed by atoms with Crippen molar-refractivity contribution in [3.05, 3.63) is 40.5 Å². The van der Waals surface area contributed by atoms with Crippen molar-refractivity contribution in [3.63, 3.8) is 0 Å². The molecule has 1 aromatic carbocycles. The summed E-state index contributed by atoms with van der Waals surface area (Å²) in [6.07, 6.45) is 1.04. The number of halogens is 1. The fourth-order valence-corrected chi connectivity index (χ4v) is 1.38. The summed E-state index contributed by atoms with van der Waals surface area (Å²) in [5.74, 6) is -1.08. The summed E-state index contributed by atoms with van der Waals surface area (Å²) in [4.78, 5) is 14.9. The third-order valence-electron chi connectivity index (χ3n) is 1.91. The van der Waals surface area contributed by atoms with E-state index < -0.39 is 5.97 Å². The number of aliphatic imine (C=N–C) groups is 1. The lowest BCUT2D eigenvalue weighted by Gasteiger charge is -2.01. The zero-order valence-electron chi connectivity index (χ0n) is 8.64. The number of benzene rings is 1. The number of carboxylic acids is 1. The first-order valence-electron chi connectivity index (χ1n) is 4.51. The van der Waals surface area contributed by atoms with Gasteiger partial charge in [0, 0.05) is 10.7 Å². The first-order valence-corrected chi connectivity index (χ1v) is 5.30.